The van der Waals surface area contributed by atoms with E-state index in [1.54, 1.807) is 0 Å². The largest absolute Gasteiger partial charge is 0.352 e. The summed E-state index contributed by atoms with van der Waals surface area (Å²) in [5, 5.41) is 6.71. The summed E-state index contributed by atoms with van der Waals surface area (Å²) in [7, 11) is 0. The average molecular weight is 334 g/mol. The van der Waals surface area contributed by atoms with Gasteiger partial charge in [-0.25, -0.2) is 0 Å². The fourth-order valence-electron chi connectivity index (χ4n) is 3.41. The van der Waals surface area contributed by atoms with Crippen LogP contribution < -0.4 is 10.6 Å². The maximum Gasteiger partial charge on any atom is 0.251 e. The number of nitrogens with one attached hydrogen (secondary N) is 2. The van der Waals surface area contributed by atoms with Crippen LogP contribution in [-0.2, 0) is 6.42 Å². The second-order valence-electron chi connectivity index (χ2n) is 7.42. The average Bonchev–Trinajstić information content (AvgIpc) is 3.55. The lowest BCUT2D eigenvalue weighted by molar-refractivity contribution is 0.0954. The third kappa shape index (κ3) is 4.49. The summed E-state index contributed by atoms with van der Waals surface area (Å²) in [5.74, 6) is 1.53. The Bertz CT molecular complexity index is 724. The van der Waals surface area contributed by atoms with Gasteiger partial charge < -0.3 is 10.6 Å². The minimum atomic E-state index is 0.0286. The van der Waals surface area contributed by atoms with E-state index in [0.717, 1.165) is 17.9 Å². The van der Waals surface area contributed by atoms with Gasteiger partial charge in [-0.2, -0.15) is 0 Å². The zero-order valence-electron chi connectivity index (χ0n) is 14.6. The molecule has 0 bridgehead atoms. The second kappa shape index (κ2) is 7.40. The molecular formula is C22H26N2O. The smallest absolute Gasteiger partial charge is 0.251 e. The Morgan fingerprint density at radius 2 is 1.88 bits per heavy atom. The van der Waals surface area contributed by atoms with Crippen molar-refractivity contribution in [3.8, 4) is 0 Å². The molecule has 2 fully saturated rings. The predicted molar refractivity (Wildman–Crippen MR) is 101 cm³/mol. The van der Waals surface area contributed by atoms with Crippen LogP contribution in [0.1, 0.15) is 46.7 Å². The van der Waals surface area contributed by atoms with Crippen LogP contribution in [0.25, 0.3) is 0 Å². The second-order valence-corrected chi connectivity index (χ2v) is 7.42. The molecule has 130 valence electrons. The molecule has 2 saturated carbocycles. The number of rotatable bonds is 8. The molecule has 0 aliphatic heterocycles. The van der Waals surface area contributed by atoms with Crippen LogP contribution in [0.5, 0.6) is 0 Å². The van der Waals surface area contributed by atoms with Crippen LogP contribution in [0.15, 0.2) is 54.6 Å². The normalized spacial score (nSPS) is 21.8. The summed E-state index contributed by atoms with van der Waals surface area (Å²) in [4.78, 5) is 12.4. The number of benzene rings is 2. The van der Waals surface area contributed by atoms with E-state index in [4.69, 9.17) is 0 Å². The van der Waals surface area contributed by atoms with E-state index in [1.807, 2.05) is 30.3 Å². The van der Waals surface area contributed by atoms with Crippen molar-refractivity contribution in [2.75, 3.05) is 13.1 Å². The topological polar surface area (TPSA) is 41.1 Å². The highest BCUT2D eigenvalue weighted by molar-refractivity contribution is 5.94. The van der Waals surface area contributed by atoms with Gasteiger partial charge in [0.1, 0.15) is 0 Å². The van der Waals surface area contributed by atoms with E-state index in [-0.39, 0.29) is 5.91 Å². The monoisotopic (exact) mass is 334 g/mol. The van der Waals surface area contributed by atoms with Crippen LogP contribution in [0.4, 0.5) is 0 Å². The molecule has 0 heterocycles. The van der Waals surface area contributed by atoms with Crippen LogP contribution in [0.3, 0.4) is 0 Å². The van der Waals surface area contributed by atoms with Crippen molar-refractivity contribution < 1.29 is 4.79 Å². The molecule has 1 amide bonds. The van der Waals surface area contributed by atoms with Crippen molar-refractivity contribution in [3.63, 3.8) is 0 Å². The molecule has 2 atom stereocenters. The molecule has 0 saturated heterocycles. The molecular weight excluding hydrogens is 308 g/mol. The van der Waals surface area contributed by atoms with Gasteiger partial charge in [-0.1, -0.05) is 42.5 Å². The Balaban J connectivity index is 1.27. The van der Waals surface area contributed by atoms with Gasteiger partial charge in [-0.05, 0) is 61.4 Å². The quantitative estimate of drug-likeness (QED) is 0.775. The van der Waals surface area contributed by atoms with Crippen molar-refractivity contribution in [2.24, 2.45) is 5.92 Å². The highest BCUT2D eigenvalue weighted by Crippen LogP contribution is 2.41. The van der Waals surface area contributed by atoms with E-state index in [2.05, 4.69) is 34.9 Å². The maximum absolute atomic E-state index is 12.4. The number of hydrogen-bond donors (Lipinski definition) is 2. The van der Waals surface area contributed by atoms with Crippen LogP contribution in [0, 0.1) is 5.92 Å². The molecule has 2 N–H and O–H groups in total. The molecule has 2 aliphatic carbocycles. The zero-order valence-corrected chi connectivity index (χ0v) is 14.6. The highest BCUT2D eigenvalue weighted by Gasteiger charge is 2.39. The fraction of sp³-hybridized carbons (Fsp3) is 0.409. The van der Waals surface area contributed by atoms with Gasteiger partial charge in [0.05, 0.1) is 0 Å². The molecule has 2 unspecified atom stereocenters. The molecule has 4 rings (SSSR count). The Morgan fingerprint density at radius 1 is 1.04 bits per heavy atom. The van der Waals surface area contributed by atoms with Crippen molar-refractivity contribution in [1.29, 1.82) is 0 Å². The first-order valence-electron chi connectivity index (χ1n) is 9.45. The summed E-state index contributed by atoms with van der Waals surface area (Å²) in [5.41, 5.74) is 3.32. The van der Waals surface area contributed by atoms with Crippen molar-refractivity contribution >= 4 is 5.91 Å². The Kier molecular flexibility index (Phi) is 4.84. The molecule has 2 aromatic carbocycles. The molecule has 25 heavy (non-hydrogen) atoms. The minimum Gasteiger partial charge on any atom is -0.352 e. The Labute approximate surface area is 149 Å². The summed E-state index contributed by atoms with van der Waals surface area (Å²) in [6.07, 6.45) is 4.85. The van der Waals surface area contributed by atoms with Crippen LogP contribution in [-0.4, -0.2) is 25.0 Å². The summed E-state index contributed by atoms with van der Waals surface area (Å²) >= 11 is 0. The third-order valence-corrected chi connectivity index (χ3v) is 5.28. The lowest BCUT2D eigenvalue weighted by Gasteiger charge is -2.08. The molecule has 3 nitrogen and oxygen atoms in total. The van der Waals surface area contributed by atoms with Crippen molar-refractivity contribution in [1.82, 2.24) is 10.6 Å². The van der Waals surface area contributed by atoms with Gasteiger partial charge in [0.15, 0.2) is 0 Å². The predicted octanol–water partition coefficient (Wildman–Crippen LogP) is 3.51. The highest BCUT2D eigenvalue weighted by atomic mass is 16.1. The number of carbonyl (C=O) groups excluding carboxylic acids is 1. The third-order valence-electron chi connectivity index (χ3n) is 5.28. The molecule has 2 aromatic rings. The zero-order chi connectivity index (χ0) is 17.1. The number of hydrogen-bond acceptors (Lipinski definition) is 2. The molecule has 2 aliphatic rings. The standard InChI is InChI=1S/C22H26N2O/c25-22(23-12-11-16-5-2-1-3-6-16)19-8-4-7-18(13-19)20-14-21(20)24-15-17-9-10-17/h1-8,13,17,20-21,24H,9-12,14-15H2,(H,23,25). The van der Waals surface area contributed by atoms with E-state index in [1.165, 1.54) is 36.9 Å². The maximum atomic E-state index is 12.4. The first kappa shape index (κ1) is 16.3. The summed E-state index contributed by atoms with van der Waals surface area (Å²) in [6, 6.07) is 19.0. The minimum absolute atomic E-state index is 0.0286. The molecule has 3 heteroatoms. The summed E-state index contributed by atoms with van der Waals surface area (Å²) < 4.78 is 0. The lowest BCUT2D eigenvalue weighted by atomic mass is 10.1. The molecule has 0 radical (unpaired) electrons. The van der Waals surface area contributed by atoms with Gasteiger partial charge >= 0.3 is 0 Å². The van der Waals surface area contributed by atoms with Gasteiger partial charge in [0.25, 0.3) is 5.91 Å². The van der Waals surface area contributed by atoms with Gasteiger partial charge in [0.2, 0.25) is 0 Å². The molecule has 0 aromatic heterocycles. The van der Waals surface area contributed by atoms with Crippen molar-refractivity contribution in [3.05, 3.63) is 71.3 Å². The van der Waals surface area contributed by atoms with E-state index in [0.29, 0.717) is 18.5 Å². The van der Waals surface area contributed by atoms with Gasteiger partial charge in [-0.3, -0.25) is 4.79 Å². The van der Waals surface area contributed by atoms with Crippen LogP contribution in [0.2, 0.25) is 0 Å². The Morgan fingerprint density at radius 3 is 2.68 bits per heavy atom. The van der Waals surface area contributed by atoms with Gasteiger partial charge in [-0.15, -0.1) is 0 Å². The van der Waals surface area contributed by atoms with E-state index < -0.39 is 0 Å². The first-order valence-corrected chi connectivity index (χ1v) is 9.45. The summed E-state index contributed by atoms with van der Waals surface area (Å²) in [6.45, 7) is 1.84. The number of carbonyl (C=O) groups is 1. The first-order chi connectivity index (χ1) is 12.3. The molecule has 0 spiro atoms. The number of amides is 1. The van der Waals surface area contributed by atoms with E-state index in [9.17, 15) is 4.79 Å². The van der Waals surface area contributed by atoms with Crippen LogP contribution >= 0.6 is 0 Å². The van der Waals surface area contributed by atoms with E-state index >= 15 is 0 Å². The Hall–Kier alpha value is -2.13. The van der Waals surface area contributed by atoms with Crippen molar-refractivity contribution in [2.45, 2.75) is 37.6 Å². The SMILES string of the molecule is O=C(NCCc1ccccc1)c1cccc(C2CC2NCC2CC2)c1. The fourth-order valence-corrected chi connectivity index (χ4v) is 3.41. The van der Waals surface area contributed by atoms with Gasteiger partial charge in [0, 0.05) is 24.1 Å². The lowest BCUT2D eigenvalue weighted by Crippen LogP contribution is -2.25.